The van der Waals surface area contributed by atoms with Gasteiger partial charge < -0.3 is 0 Å². The van der Waals surface area contributed by atoms with E-state index in [1.807, 2.05) is 42.5 Å². The topological polar surface area (TPSA) is 34.9 Å². The van der Waals surface area contributed by atoms with Crippen LogP contribution in [0, 0.1) is 0 Å². The number of hydrogen-bond acceptors (Lipinski definition) is 3. The molecule has 0 radical (unpaired) electrons. The van der Waals surface area contributed by atoms with Gasteiger partial charge in [-0.05, 0) is 17.7 Å². The second-order valence-electron chi connectivity index (χ2n) is 3.81. The van der Waals surface area contributed by atoms with Crippen molar-refractivity contribution in [3.63, 3.8) is 0 Å². The minimum atomic E-state index is -0.0214. The van der Waals surface area contributed by atoms with Crippen molar-refractivity contribution in [2.45, 2.75) is 0 Å². The van der Waals surface area contributed by atoms with Crippen LogP contribution in [0.25, 0.3) is 16.1 Å². The smallest absolute Gasteiger partial charge is 0.265 e. The van der Waals surface area contributed by atoms with E-state index in [1.54, 1.807) is 22.4 Å². The first-order valence-corrected chi connectivity index (χ1v) is 6.31. The molecule has 0 amide bonds. The molecule has 0 unspecified atom stereocenters. The Kier molecular flexibility index (Phi) is 2.78. The van der Waals surface area contributed by atoms with Gasteiger partial charge in [0.2, 0.25) is 0 Å². The average molecular weight is 254 g/mol. The Balaban J connectivity index is 2.10. The van der Waals surface area contributed by atoms with Crippen molar-refractivity contribution in [2.24, 2.45) is 0 Å². The van der Waals surface area contributed by atoms with Crippen molar-refractivity contribution < 1.29 is 0 Å². The van der Waals surface area contributed by atoms with Gasteiger partial charge in [0.05, 0.1) is 16.8 Å². The minimum absolute atomic E-state index is 0.0214. The molecule has 88 valence electrons. The normalized spacial score (nSPS) is 10.4. The van der Waals surface area contributed by atoms with E-state index in [-0.39, 0.29) is 5.56 Å². The third-order valence-electron chi connectivity index (χ3n) is 2.58. The molecule has 3 nitrogen and oxygen atoms in total. The lowest BCUT2D eigenvalue weighted by molar-refractivity contribution is 1.10. The molecule has 0 saturated carbocycles. The summed E-state index contributed by atoms with van der Waals surface area (Å²) in [4.78, 5) is 17.0. The van der Waals surface area contributed by atoms with Crippen molar-refractivity contribution in [3.8, 4) is 16.1 Å². The summed E-state index contributed by atoms with van der Waals surface area (Å²) in [6.07, 6.45) is 3.38. The molecule has 18 heavy (non-hydrogen) atoms. The molecule has 2 heterocycles. The lowest BCUT2D eigenvalue weighted by Gasteiger charge is -1.98. The standard InChI is InChI=1S/C14H10N2OS/c17-14-9-13(11-5-2-1-3-6-11)18-16(14)12-7-4-8-15-10-12/h1-10H. The number of benzene rings is 1. The molecule has 4 heteroatoms. The molecule has 0 atom stereocenters. The van der Waals surface area contributed by atoms with Crippen LogP contribution in [0.2, 0.25) is 0 Å². The largest absolute Gasteiger partial charge is 0.268 e. The molecule has 2 aromatic heterocycles. The molecule has 3 aromatic rings. The van der Waals surface area contributed by atoms with Crippen LogP contribution in [0.4, 0.5) is 0 Å². The fraction of sp³-hybridized carbons (Fsp3) is 0. The highest BCUT2D eigenvalue weighted by molar-refractivity contribution is 7.10. The first kappa shape index (κ1) is 10.9. The predicted octanol–water partition coefficient (Wildman–Crippen LogP) is 2.96. The zero-order valence-electron chi connectivity index (χ0n) is 9.48. The van der Waals surface area contributed by atoms with E-state index in [9.17, 15) is 4.79 Å². The summed E-state index contributed by atoms with van der Waals surface area (Å²) in [5.41, 5.74) is 1.84. The number of rotatable bonds is 2. The molecule has 0 aliphatic heterocycles. The van der Waals surface area contributed by atoms with Crippen molar-refractivity contribution in [2.75, 3.05) is 0 Å². The Morgan fingerprint density at radius 3 is 2.61 bits per heavy atom. The Labute approximate surface area is 108 Å². The predicted molar refractivity (Wildman–Crippen MR) is 73.1 cm³/mol. The van der Waals surface area contributed by atoms with Gasteiger partial charge in [-0.15, -0.1) is 0 Å². The second-order valence-corrected chi connectivity index (χ2v) is 4.80. The quantitative estimate of drug-likeness (QED) is 0.704. The van der Waals surface area contributed by atoms with Crippen LogP contribution in [0.1, 0.15) is 0 Å². The summed E-state index contributed by atoms with van der Waals surface area (Å²) in [6.45, 7) is 0. The first-order chi connectivity index (χ1) is 8.84. The summed E-state index contributed by atoms with van der Waals surface area (Å²) in [6, 6.07) is 15.3. The van der Waals surface area contributed by atoms with Gasteiger partial charge in [0, 0.05) is 12.3 Å². The zero-order chi connectivity index (χ0) is 12.4. The highest BCUT2D eigenvalue weighted by Gasteiger charge is 2.07. The molecule has 1 aromatic carbocycles. The Bertz CT molecular complexity index is 701. The first-order valence-electron chi connectivity index (χ1n) is 5.54. The summed E-state index contributed by atoms with van der Waals surface area (Å²) >= 11 is 1.43. The molecule has 0 bridgehead atoms. The highest BCUT2D eigenvalue weighted by Crippen LogP contribution is 2.23. The van der Waals surface area contributed by atoms with Gasteiger partial charge in [0.1, 0.15) is 0 Å². The van der Waals surface area contributed by atoms with Gasteiger partial charge in [-0.2, -0.15) is 0 Å². The molecular formula is C14H10N2OS. The average Bonchev–Trinajstić information content (AvgIpc) is 2.83. The van der Waals surface area contributed by atoms with Crippen molar-refractivity contribution in [3.05, 3.63) is 71.3 Å². The van der Waals surface area contributed by atoms with Crippen LogP contribution in [0.3, 0.4) is 0 Å². The lowest BCUT2D eigenvalue weighted by atomic mass is 10.2. The fourth-order valence-corrected chi connectivity index (χ4v) is 2.68. The molecule has 0 N–H and O–H groups in total. The molecular weight excluding hydrogens is 244 g/mol. The van der Waals surface area contributed by atoms with Crippen molar-refractivity contribution >= 4 is 11.5 Å². The van der Waals surface area contributed by atoms with Crippen LogP contribution >= 0.6 is 11.5 Å². The SMILES string of the molecule is O=c1cc(-c2ccccc2)sn1-c1cccnc1. The monoisotopic (exact) mass is 254 g/mol. The maximum Gasteiger partial charge on any atom is 0.265 e. The Morgan fingerprint density at radius 1 is 1.06 bits per heavy atom. The molecule has 3 rings (SSSR count). The van der Waals surface area contributed by atoms with Crippen LogP contribution < -0.4 is 5.56 Å². The molecule has 0 aliphatic carbocycles. The van der Waals surface area contributed by atoms with E-state index < -0.39 is 0 Å². The Hall–Kier alpha value is -2.20. The highest BCUT2D eigenvalue weighted by atomic mass is 32.1. The summed E-state index contributed by atoms with van der Waals surface area (Å²) in [7, 11) is 0. The third-order valence-corrected chi connectivity index (χ3v) is 3.71. The van der Waals surface area contributed by atoms with Crippen LogP contribution in [0.5, 0.6) is 0 Å². The van der Waals surface area contributed by atoms with Crippen LogP contribution in [-0.2, 0) is 0 Å². The fourth-order valence-electron chi connectivity index (χ4n) is 1.73. The van der Waals surface area contributed by atoms with Crippen LogP contribution in [0.15, 0.2) is 65.7 Å². The van der Waals surface area contributed by atoms with E-state index >= 15 is 0 Å². The minimum Gasteiger partial charge on any atom is -0.268 e. The van der Waals surface area contributed by atoms with E-state index in [1.165, 1.54) is 11.5 Å². The van der Waals surface area contributed by atoms with Crippen molar-refractivity contribution in [1.82, 2.24) is 8.94 Å². The molecule has 0 spiro atoms. The van der Waals surface area contributed by atoms with Gasteiger partial charge >= 0.3 is 0 Å². The van der Waals surface area contributed by atoms with E-state index in [0.29, 0.717) is 0 Å². The van der Waals surface area contributed by atoms with E-state index in [4.69, 9.17) is 0 Å². The van der Waals surface area contributed by atoms with Gasteiger partial charge in [0.15, 0.2) is 0 Å². The number of hydrogen-bond donors (Lipinski definition) is 0. The lowest BCUT2D eigenvalue weighted by Crippen LogP contribution is -2.09. The summed E-state index contributed by atoms with van der Waals surface area (Å²) in [5, 5.41) is 0. The van der Waals surface area contributed by atoms with Gasteiger partial charge in [-0.1, -0.05) is 41.9 Å². The van der Waals surface area contributed by atoms with Crippen LogP contribution in [-0.4, -0.2) is 8.94 Å². The number of pyridine rings is 1. The third kappa shape index (κ3) is 1.98. The summed E-state index contributed by atoms with van der Waals surface area (Å²) in [5.74, 6) is 0. The van der Waals surface area contributed by atoms with Gasteiger partial charge in [-0.3, -0.25) is 9.78 Å². The van der Waals surface area contributed by atoms with Crippen molar-refractivity contribution in [1.29, 1.82) is 0 Å². The van der Waals surface area contributed by atoms with Gasteiger partial charge in [-0.25, -0.2) is 3.96 Å². The molecule has 0 fully saturated rings. The second kappa shape index (κ2) is 4.58. The van der Waals surface area contributed by atoms with E-state index in [0.717, 1.165) is 16.1 Å². The van der Waals surface area contributed by atoms with E-state index in [2.05, 4.69) is 4.98 Å². The maximum absolute atomic E-state index is 12.0. The number of aromatic nitrogens is 2. The molecule has 0 aliphatic rings. The molecule has 0 saturated heterocycles. The van der Waals surface area contributed by atoms with Gasteiger partial charge in [0.25, 0.3) is 5.56 Å². The maximum atomic E-state index is 12.0. The zero-order valence-corrected chi connectivity index (χ0v) is 10.3. The number of nitrogens with zero attached hydrogens (tertiary/aromatic N) is 2. The summed E-state index contributed by atoms with van der Waals surface area (Å²) < 4.78 is 1.65. The Morgan fingerprint density at radius 2 is 1.89 bits per heavy atom.